The Morgan fingerprint density at radius 2 is 1.78 bits per heavy atom. The zero-order valence-corrected chi connectivity index (χ0v) is 21.2. The molecule has 5 rings (SSSR count). The molecule has 0 spiro atoms. The minimum atomic E-state index is -0.504. The summed E-state index contributed by atoms with van der Waals surface area (Å²) in [5, 5.41) is 7.38. The first-order valence-corrected chi connectivity index (χ1v) is 12.1. The zero-order valence-electron chi connectivity index (χ0n) is 21.2. The number of benzene rings is 3. The number of rotatable bonds is 7. The van der Waals surface area contributed by atoms with Gasteiger partial charge >= 0.3 is 6.03 Å². The molecule has 4 aromatic rings. The lowest BCUT2D eigenvalue weighted by molar-refractivity contribution is 0.244. The van der Waals surface area contributed by atoms with Crippen LogP contribution in [0.3, 0.4) is 0 Å². The van der Waals surface area contributed by atoms with Crippen molar-refractivity contribution >= 4 is 17.3 Å². The Morgan fingerprint density at radius 3 is 2.51 bits per heavy atom. The summed E-state index contributed by atoms with van der Waals surface area (Å²) in [5.74, 6) is 2.22. The standard InChI is InChI=1S/C29H28N4O4/c1-5-36-23-14-12-20(13-15-23)26-25(28-31-27(32-37-28)21-9-6-8-18(2)16-21)19(3)33(29(34)30-26)22-10-7-11-24(17-22)35-4/h6-17,26H,5H2,1-4H3,(H,30,34). The number of nitrogens with zero attached hydrogens (tertiary/aromatic N) is 3. The Hall–Kier alpha value is -4.59. The highest BCUT2D eigenvalue weighted by molar-refractivity contribution is 6.01. The number of amides is 2. The SMILES string of the molecule is CCOc1ccc(C2NC(=O)N(c3cccc(OC)c3)C(C)=C2c2nc(-c3cccc(C)c3)no2)cc1. The molecule has 1 atom stereocenters. The van der Waals surface area contributed by atoms with Crippen LogP contribution in [0.5, 0.6) is 11.5 Å². The van der Waals surface area contributed by atoms with Crippen molar-refractivity contribution in [3.63, 3.8) is 0 Å². The smallest absolute Gasteiger partial charge is 0.327 e. The zero-order chi connectivity index (χ0) is 25.9. The van der Waals surface area contributed by atoms with Crippen LogP contribution in [0.15, 0.2) is 83.0 Å². The molecule has 0 fully saturated rings. The first kappa shape index (κ1) is 24.1. The quantitative estimate of drug-likeness (QED) is 0.330. The largest absolute Gasteiger partial charge is 0.497 e. The van der Waals surface area contributed by atoms with Gasteiger partial charge in [-0.1, -0.05) is 47.1 Å². The lowest BCUT2D eigenvalue weighted by atomic mass is 9.94. The number of carbonyl (C=O) groups is 1. The molecule has 0 aliphatic carbocycles. The van der Waals surface area contributed by atoms with Crippen LogP contribution in [-0.2, 0) is 0 Å². The van der Waals surface area contributed by atoms with E-state index in [1.165, 1.54) is 0 Å². The van der Waals surface area contributed by atoms with Crippen LogP contribution in [0.2, 0.25) is 0 Å². The van der Waals surface area contributed by atoms with Gasteiger partial charge in [0, 0.05) is 17.3 Å². The van der Waals surface area contributed by atoms with Crippen molar-refractivity contribution in [3.8, 4) is 22.9 Å². The van der Waals surface area contributed by atoms with Gasteiger partial charge in [0.25, 0.3) is 5.89 Å². The molecule has 188 valence electrons. The van der Waals surface area contributed by atoms with Crippen LogP contribution in [0, 0.1) is 6.92 Å². The summed E-state index contributed by atoms with van der Waals surface area (Å²) in [5.41, 5.74) is 4.87. The van der Waals surface area contributed by atoms with Gasteiger partial charge in [-0.25, -0.2) is 4.79 Å². The topological polar surface area (TPSA) is 89.7 Å². The number of urea groups is 1. The van der Waals surface area contributed by atoms with Crippen molar-refractivity contribution < 1.29 is 18.8 Å². The normalized spacial score (nSPS) is 15.5. The lowest BCUT2D eigenvalue weighted by Gasteiger charge is -2.35. The van der Waals surface area contributed by atoms with Gasteiger partial charge in [-0.3, -0.25) is 4.90 Å². The molecule has 1 aliphatic rings. The summed E-state index contributed by atoms with van der Waals surface area (Å²) in [6.07, 6.45) is 0. The van der Waals surface area contributed by atoms with E-state index in [0.29, 0.717) is 41.0 Å². The van der Waals surface area contributed by atoms with Crippen LogP contribution in [0.25, 0.3) is 17.0 Å². The van der Waals surface area contributed by atoms with E-state index < -0.39 is 6.04 Å². The number of aromatic nitrogens is 2. The minimum absolute atomic E-state index is 0.271. The molecule has 0 saturated heterocycles. The van der Waals surface area contributed by atoms with E-state index in [-0.39, 0.29) is 6.03 Å². The monoisotopic (exact) mass is 496 g/mol. The van der Waals surface area contributed by atoms with Crippen molar-refractivity contribution in [2.75, 3.05) is 18.6 Å². The van der Waals surface area contributed by atoms with Crippen molar-refractivity contribution in [1.29, 1.82) is 0 Å². The van der Waals surface area contributed by atoms with E-state index in [1.807, 2.05) is 93.6 Å². The third kappa shape index (κ3) is 4.78. The molecule has 3 aromatic carbocycles. The van der Waals surface area contributed by atoms with Gasteiger partial charge < -0.3 is 19.3 Å². The number of aryl methyl sites for hydroxylation is 1. The van der Waals surface area contributed by atoms with Crippen LogP contribution in [-0.4, -0.2) is 29.9 Å². The van der Waals surface area contributed by atoms with Gasteiger partial charge in [0.2, 0.25) is 5.82 Å². The van der Waals surface area contributed by atoms with Gasteiger partial charge in [0.05, 0.1) is 31.0 Å². The molecule has 1 aromatic heterocycles. The van der Waals surface area contributed by atoms with Crippen LogP contribution in [0.1, 0.15) is 36.9 Å². The van der Waals surface area contributed by atoms with Gasteiger partial charge in [-0.2, -0.15) is 4.98 Å². The molecule has 1 unspecified atom stereocenters. The van der Waals surface area contributed by atoms with E-state index in [2.05, 4.69) is 10.5 Å². The molecule has 37 heavy (non-hydrogen) atoms. The number of allylic oxidation sites excluding steroid dienone is 1. The molecule has 8 nitrogen and oxygen atoms in total. The highest BCUT2D eigenvalue weighted by Gasteiger charge is 2.36. The first-order chi connectivity index (χ1) is 18.0. The van der Waals surface area contributed by atoms with Crippen molar-refractivity contribution in [1.82, 2.24) is 15.5 Å². The third-order valence-corrected chi connectivity index (χ3v) is 6.25. The fourth-order valence-corrected chi connectivity index (χ4v) is 4.49. The van der Waals surface area contributed by atoms with Gasteiger partial charge in [0.15, 0.2) is 0 Å². The molecule has 1 N–H and O–H groups in total. The number of ether oxygens (including phenoxy) is 2. The number of hydrogen-bond acceptors (Lipinski definition) is 6. The summed E-state index contributed by atoms with van der Waals surface area (Å²) < 4.78 is 16.8. The average Bonchev–Trinajstić information content (AvgIpc) is 3.39. The maximum absolute atomic E-state index is 13.4. The van der Waals surface area contributed by atoms with Crippen LogP contribution >= 0.6 is 0 Å². The Bertz CT molecular complexity index is 1460. The minimum Gasteiger partial charge on any atom is -0.497 e. The molecule has 2 amide bonds. The number of carbonyl (C=O) groups excluding carboxylic acids is 1. The summed E-state index contributed by atoms with van der Waals surface area (Å²) in [6, 6.07) is 22.1. The van der Waals surface area contributed by atoms with Crippen molar-refractivity contribution in [2.24, 2.45) is 0 Å². The fourth-order valence-electron chi connectivity index (χ4n) is 4.49. The summed E-state index contributed by atoms with van der Waals surface area (Å²) in [6.45, 7) is 6.41. The Labute approximate surface area is 215 Å². The maximum atomic E-state index is 13.4. The van der Waals surface area contributed by atoms with E-state index in [1.54, 1.807) is 12.0 Å². The highest BCUT2D eigenvalue weighted by atomic mass is 16.5. The molecule has 2 heterocycles. The number of methoxy groups -OCH3 is 1. The van der Waals surface area contributed by atoms with Crippen molar-refractivity contribution in [2.45, 2.75) is 26.8 Å². The Morgan fingerprint density at radius 1 is 1.00 bits per heavy atom. The van der Waals surface area contributed by atoms with Crippen LogP contribution < -0.4 is 19.7 Å². The van der Waals surface area contributed by atoms with E-state index in [4.69, 9.17) is 19.0 Å². The highest BCUT2D eigenvalue weighted by Crippen LogP contribution is 2.40. The second-order valence-corrected chi connectivity index (χ2v) is 8.71. The molecule has 8 heteroatoms. The van der Waals surface area contributed by atoms with Crippen LogP contribution in [0.4, 0.5) is 10.5 Å². The molecule has 1 aliphatic heterocycles. The molecular formula is C29H28N4O4. The first-order valence-electron chi connectivity index (χ1n) is 12.1. The second-order valence-electron chi connectivity index (χ2n) is 8.71. The lowest BCUT2D eigenvalue weighted by Crippen LogP contribution is -2.46. The predicted molar refractivity (Wildman–Crippen MR) is 141 cm³/mol. The van der Waals surface area contributed by atoms with Crippen molar-refractivity contribution in [3.05, 3.63) is 95.5 Å². The number of anilines is 1. The fraction of sp³-hybridized carbons (Fsp3) is 0.207. The molecule has 0 saturated carbocycles. The summed E-state index contributed by atoms with van der Waals surface area (Å²) in [7, 11) is 1.59. The predicted octanol–water partition coefficient (Wildman–Crippen LogP) is 6.15. The molecule has 0 bridgehead atoms. The Kier molecular flexibility index (Phi) is 6.64. The van der Waals surface area contributed by atoms with Gasteiger partial charge in [-0.15, -0.1) is 0 Å². The molecule has 0 radical (unpaired) electrons. The van der Waals surface area contributed by atoms with E-state index in [9.17, 15) is 4.79 Å². The van der Waals surface area contributed by atoms with Gasteiger partial charge in [-0.05, 0) is 56.7 Å². The Balaban J connectivity index is 1.63. The average molecular weight is 497 g/mol. The molecular weight excluding hydrogens is 468 g/mol. The number of nitrogens with one attached hydrogen (secondary N) is 1. The third-order valence-electron chi connectivity index (χ3n) is 6.25. The number of hydrogen-bond donors (Lipinski definition) is 1. The van der Waals surface area contributed by atoms with E-state index in [0.717, 1.165) is 22.4 Å². The van der Waals surface area contributed by atoms with E-state index >= 15 is 0 Å². The van der Waals surface area contributed by atoms with Gasteiger partial charge in [0.1, 0.15) is 11.5 Å². The second kappa shape index (κ2) is 10.2. The maximum Gasteiger partial charge on any atom is 0.327 e. The summed E-state index contributed by atoms with van der Waals surface area (Å²) >= 11 is 0. The summed E-state index contributed by atoms with van der Waals surface area (Å²) in [4.78, 5) is 19.8.